The molecular formula is C77H73N6Pt+. The third-order valence-corrected chi connectivity index (χ3v) is 16.7. The topological polar surface area (TPSA) is 50.2 Å². The fourth-order valence-electron chi connectivity index (χ4n) is 12.9. The van der Waals surface area contributed by atoms with E-state index >= 15 is 0 Å². The Labute approximate surface area is 511 Å². The maximum atomic E-state index is 5.66. The van der Waals surface area contributed by atoms with Crippen LogP contribution in [0.4, 0.5) is 17.3 Å². The fourth-order valence-corrected chi connectivity index (χ4v) is 12.9. The van der Waals surface area contributed by atoms with E-state index in [0.29, 0.717) is 5.92 Å². The number of anilines is 3. The summed E-state index contributed by atoms with van der Waals surface area (Å²) >= 11 is 0. The smallest absolute Gasteiger partial charge is 0.280 e. The Morgan fingerprint density at radius 1 is 0.583 bits per heavy atom. The molecule has 7 heteroatoms. The van der Waals surface area contributed by atoms with Crippen LogP contribution in [0.25, 0.3) is 61.5 Å². The molecule has 2 atom stereocenters. The Balaban J connectivity index is 0.000000177. The maximum absolute atomic E-state index is 5.66. The minimum atomic E-state index is -0.587. The second-order valence-corrected chi connectivity index (χ2v) is 24.4. The van der Waals surface area contributed by atoms with Crippen LogP contribution in [-0.2, 0) is 37.3 Å². The second kappa shape index (κ2) is 22.7. The van der Waals surface area contributed by atoms with Gasteiger partial charge in [-0.2, -0.15) is 0 Å². The molecule has 2 bridgehead atoms. The van der Waals surface area contributed by atoms with Crippen LogP contribution in [0.2, 0.25) is 0 Å². The molecule has 0 saturated heterocycles. The molecule has 2 aliphatic carbocycles. The first-order valence-electron chi connectivity index (χ1n) is 29.5. The van der Waals surface area contributed by atoms with Gasteiger partial charge in [-0.1, -0.05) is 170 Å². The molecule has 0 amide bonds. The van der Waals surface area contributed by atoms with Gasteiger partial charge in [0.05, 0.1) is 28.0 Å². The third-order valence-electron chi connectivity index (χ3n) is 16.7. The number of benzene rings is 6. The first-order valence-corrected chi connectivity index (χ1v) is 29.5. The van der Waals surface area contributed by atoms with Gasteiger partial charge in [0.1, 0.15) is 28.3 Å². The minimum Gasteiger partial charge on any atom is -0.280 e. The van der Waals surface area contributed by atoms with E-state index in [4.69, 9.17) is 15.0 Å². The van der Waals surface area contributed by atoms with Crippen molar-refractivity contribution in [3.63, 3.8) is 0 Å². The first kappa shape index (κ1) is 57.5. The predicted octanol–water partition coefficient (Wildman–Crippen LogP) is 18.9. The average molecular weight is 1280 g/mol. The van der Waals surface area contributed by atoms with E-state index in [1.807, 2.05) is 98.8 Å². The molecule has 1 aliphatic heterocycles. The van der Waals surface area contributed by atoms with Gasteiger partial charge < -0.3 is 0 Å². The van der Waals surface area contributed by atoms with Crippen LogP contribution in [0.15, 0.2) is 212 Å². The summed E-state index contributed by atoms with van der Waals surface area (Å²) in [5.74, 6) is 2.11. The van der Waals surface area contributed by atoms with Gasteiger partial charge in [-0.25, -0.2) is 0 Å². The summed E-state index contributed by atoms with van der Waals surface area (Å²) in [7, 11) is 0. The number of nitrogens with zero attached hydrogens (tertiary/aromatic N) is 6. The van der Waals surface area contributed by atoms with Crippen molar-refractivity contribution in [3.8, 4) is 39.5 Å². The maximum Gasteiger partial charge on any atom is 2.00 e. The van der Waals surface area contributed by atoms with Gasteiger partial charge in [-0.3, -0.25) is 19.9 Å². The predicted molar refractivity (Wildman–Crippen MR) is 344 cm³/mol. The van der Waals surface area contributed by atoms with Crippen LogP contribution >= 0.6 is 0 Å². The molecule has 2 unspecified atom stereocenters. The molecule has 0 N–H and O–H groups in total. The Morgan fingerprint density at radius 3 is 1.80 bits per heavy atom. The summed E-state index contributed by atoms with van der Waals surface area (Å²) in [6.07, 6.45) is 5.85. The second-order valence-electron chi connectivity index (χ2n) is 24.4. The van der Waals surface area contributed by atoms with Crippen LogP contribution in [-0.4, -0.2) is 19.5 Å². The summed E-state index contributed by atoms with van der Waals surface area (Å²) in [6, 6.07) is 75.9. The molecule has 0 radical (unpaired) electrons. The van der Waals surface area contributed by atoms with Crippen LogP contribution < -0.4 is 9.58 Å². The van der Waals surface area contributed by atoms with Crippen molar-refractivity contribution in [2.45, 2.75) is 106 Å². The van der Waals surface area contributed by atoms with E-state index in [-0.39, 0.29) is 31.9 Å². The number of allylic oxidation sites excluding steroid dienone is 4. The monoisotopic (exact) mass is 1280 g/mol. The number of hydrogen-bond acceptors (Lipinski definition) is 4. The molecule has 5 aromatic heterocycles. The molecule has 6 aromatic carbocycles. The van der Waals surface area contributed by atoms with E-state index < -0.39 is 5.41 Å². The minimum absolute atomic E-state index is 0. The zero-order valence-corrected chi connectivity index (χ0v) is 52.7. The summed E-state index contributed by atoms with van der Waals surface area (Å²) < 4.78 is 5.06. The van der Waals surface area contributed by atoms with Gasteiger partial charge in [-0.05, 0) is 148 Å². The molecule has 420 valence electrons. The van der Waals surface area contributed by atoms with Crippen molar-refractivity contribution in [2.24, 2.45) is 5.92 Å². The number of pyridine rings is 4. The fraction of sp³-hybridized carbons (Fsp3) is 0.221. The zero-order valence-electron chi connectivity index (χ0n) is 50.4. The Morgan fingerprint density at radius 2 is 1.17 bits per heavy atom. The summed E-state index contributed by atoms with van der Waals surface area (Å²) in [5.41, 5.74) is 23.9. The number of fused-ring (bicyclic) bond motifs is 14. The van der Waals surface area contributed by atoms with Crippen molar-refractivity contribution in [1.82, 2.24) is 19.5 Å². The molecular weight excluding hydrogens is 1200 g/mol. The van der Waals surface area contributed by atoms with Crippen LogP contribution in [0.1, 0.15) is 119 Å². The molecule has 0 fully saturated rings. The van der Waals surface area contributed by atoms with Gasteiger partial charge in [0.2, 0.25) is 11.2 Å². The Bertz CT molecular complexity index is 4240. The number of aryl methyl sites for hydroxylation is 3. The molecule has 6 nitrogen and oxygen atoms in total. The van der Waals surface area contributed by atoms with E-state index in [1.165, 1.54) is 72.2 Å². The summed E-state index contributed by atoms with van der Waals surface area (Å²) in [6.45, 7) is 26.6. The average Bonchev–Trinajstić information content (AvgIpc) is 1.54. The van der Waals surface area contributed by atoms with Crippen LogP contribution in [0, 0.1) is 38.8 Å². The standard InChI is InChI=1S/C44H42N3.C31H25N3.C2H6.Pt/c1-27-18-23-35-33(24-27)30-12-8-9-13-34(30)44(35)40-16-10-14-36(45-40)31-21-19-28(42(2,3)4)25-38(31)46-39-26-29(43(5,6)7)20-22-32(39)37-15-11-17-41(44)47(37)46;1-22-20-23(2)31(24(3)21-22)34(29-18-10-16-27(32-29)25-12-6-4-7-13-25)30-19-11-17-28(33-30)26-14-8-5-9-15-26;1-2;/h8-23,25-27H,24H2,1-7H3;4-12,14,16-21H,1-3H3;1-2H3;/q+1;-2;;+2. The summed E-state index contributed by atoms with van der Waals surface area (Å²) in [5, 5.41) is 1.26. The first-order chi connectivity index (χ1) is 40.1. The van der Waals surface area contributed by atoms with Crippen molar-refractivity contribution in [3.05, 3.63) is 274 Å². The van der Waals surface area contributed by atoms with Crippen molar-refractivity contribution in [1.29, 1.82) is 0 Å². The van der Waals surface area contributed by atoms with Gasteiger partial charge in [0.15, 0.2) is 0 Å². The van der Waals surface area contributed by atoms with Crippen LogP contribution in [0.5, 0.6) is 0 Å². The number of hydrogen-bond donors (Lipinski definition) is 0. The normalized spacial score (nSPS) is 15.5. The molecule has 11 aromatic rings. The molecule has 14 rings (SSSR count). The van der Waals surface area contributed by atoms with Gasteiger partial charge in [0.25, 0.3) is 0 Å². The van der Waals surface area contributed by atoms with E-state index in [0.717, 1.165) is 68.9 Å². The van der Waals surface area contributed by atoms with Gasteiger partial charge >= 0.3 is 21.1 Å². The van der Waals surface area contributed by atoms with E-state index in [1.54, 1.807) is 0 Å². The molecule has 6 heterocycles. The number of aromatic nitrogens is 5. The zero-order chi connectivity index (χ0) is 58.0. The summed E-state index contributed by atoms with van der Waals surface area (Å²) in [4.78, 5) is 17.9. The van der Waals surface area contributed by atoms with Gasteiger partial charge in [-0.15, -0.1) is 76.3 Å². The van der Waals surface area contributed by atoms with E-state index in [2.05, 4.69) is 217 Å². The largest absolute Gasteiger partial charge is 2.00 e. The SMILES string of the molecule is CC.CC1C=CC2=C(C1)c1ccccc1C21c2cccc(n2)-c2ccc(C(C)(C)C)cc2-[n+]2c3cc(C(C)(C)C)ccc3c3cccc1n32.Cc1cc(C)c(N(c2cccc(-c3[c-]cccc3)n2)c2cccc(-c3[c-]cccc3)n2)c(C)c1.[Pt+2]. The quantitative estimate of drug-likeness (QED) is 0.127. The van der Waals surface area contributed by atoms with Crippen molar-refractivity contribution in [2.75, 3.05) is 4.90 Å². The van der Waals surface area contributed by atoms with Crippen LogP contribution in [0.3, 0.4) is 0 Å². The van der Waals surface area contributed by atoms with Gasteiger partial charge in [0, 0.05) is 12.1 Å². The molecule has 84 heavy (non-hydrogen) atoms. The molecule has 1 spiro atoms. The van der Waals surface area contributed by atoms with Crippen molar-refractivity contribution >= 4 is 39.3 Å². The number of rotatable bonds is 5. The van der Waals surface area contributed by atoms with E-state index in [9.17, 15) is 0 Å². The molecule has 3 aliphatic rings. The Hall–Kier alpha value is -8.31. The Kier molecular flexibility index (Phi) is 15.5. The van der Waals surface area contributed by atoms with Crippen molar-refractivity contribution < 1.29 is 25.7 Å². The molecule has 0 saturated carbocycles. The third kappa shape index (κ3) is 9.96.